The van der Waals surface area contributed by atoms with Gasteiger partial charge in [0.2, 0.25) is 0 Å². The number of fused-ring (bicyclic) bond motifs is 1. The number of carbonyl (C=O) groups is 1. The van der Waals surface area contributed by atoms with Gasteiger partial charge in [0.1, 0.15) is 0 Å². The Bertz CT molecular complexity index is 1220. The van der Waals surface area contributed by atoms with E-state index in [1.165, 1.54) is 16.8 Å². The molecular weight excluding hydrogens is 448 g/mol. The number of aromatic nitrogens is 2. The highest BCUT2D eigenvalue weighted by atomic mass is 79.9. The van der Waals surface area contributed by atoms with Gasteiger partial charge in [-0.15, -0.1) is 4.83 Å². The summed E-state index contributed by atoms with van der Waals surface area (Å²) in [5, 5.41) is 4.80. The van der Waals surface area contributed by atoms with Gasteiger partial charge in [0.05, 0.1) is 16.3 Å². The van der Waals surface area contributed by atoms with Crippen molar-refractivity contribution in [2.45, 2.75) is 24.8 Å². The molecule has 0 spiro atoms. The van der Waals surface area contributed by atoms with Crippen LogP contribution < -0.4 is 15.8 Å². The fraction of sp³-hybridized carbons (Fsp3) is 0.167. The van der Waals surface area contributed by atoms with Crippen LogP contribution in [0.15, 0.2) is 62.7 Å². The number of hydrazine groups is 1. The SMILES string of the molecule is CC(C)n1nc(C(=O)NNS(=O)(=O)c2cccc(Br)c2)c2ccccc2c1=O. The average Bonchev–Trinajstić information content (AvgIpc) is 2.66. The van der Waals surface area contributed by atoms with Crippen LogP contribution in [-0.2, 0) is 10.0 Å². The Hall–Kier alpha value is -2.56. The van der Waals surface area contributed by atoms with E-state index >= 15 is 0 Å². The number of rotatable bonds is 5. The number of carbonyl (C=O) groups excluding carboxylic acids is 1. The average molecular weight is 465 g/mol. The van der Waals surface area contributed by atoms with E-state index in [2.05, 4.69) is 31.3 Å². The van der Waals surface area contributed by atoms with Gasteiger partial charge in [-0.1, -0.05) is 40.2 Å². The van der Waals surface area contributed by atoms with Crippen molar-refractivity contribution >= 4 is 42.6 Å². The zero-order chi connectivity index (χ0) is 20.5. The second-order valence-corrected chi connectivity index (χ2v) is 8.85. The maximum absolute atomic E-state index is 12.7. The quantitative estimate of drug-likeness (QED) is 0.563. The van der Waals surface area contributed by atoms with Crippen LogP contribution in [-0.4, -0.2) is 24.1 Å². The Labute approximate surface area is 169 Å². The molecule has 3 aromatic rings. The summed E-state index contributed by atoms with van der Waals surface area (Å²) in [7, 11) is -3.98. The molecule has 2 aromatic carbocycles. The lowest BCUT2D eigenvalue weighted by molar-refractivity contribution is 0.0939. The van der Waals surface area contributed by atoms with Gasteiger partial charge in [0, 0.05) is 9.86 Å². The highest BCUT2D eigenvalue weighted by Gasteiger charge is 2.20. The predicted octanol–water partition coefficient (Wildman–Crippen LogP) is 2.36. The second-order valence-electron chi connectivity index (χ2n) is 6.25. The van der Waals surface area contributed by atoms with E-state index in [0.29, 0.717) is 15.2 Å². The minimum absolute atomic E-state index is 0.0212. The molecule has 0 saturated heterocycles. The van der Waals surface area contributed by atoms with Crippen LogP contribution in [0.4, 0.5) is 0 Å². The lowest BCUT2D eigenvalue weighted by Gasteiger charge is -2.14. The summed E-state index contributed by atoms with van der Waals surface area (Å²) in [5.41, 5.74) is 1.79. The molecule has 10 heteroatoms. The van der Waals surface area contributed by atoms with Gasteiger partial charge in [-0.05, 0) is 38.1 Å². The van der Waals surface area contributed by atoms with E-state index in [4.69, 9.17) is 0 Å². The number of benzene rings is 2. The first kappa shape index (κ1) is 20.2. The van der Waals surface area contributed by atoms with E-state index in [1.54, 1.807) is 50.2 Å². The third-order valence-electron chi connectivity index (χ3n) is 3.94. The molecule has 146 valence electrons. The van der Waals surface area contributed by atoms with Crippen molar-refractivity contribution in [3.05, 3.63) is 69.1 Å². The summed E-state index contributed by atoms with van der Waals surface area (Å²) in [5.74, 6) is -0.774. The van der Waals surface area contributed by atoms with E-state index < -0.39 is 15.9 Å². The predicted molar refractivity (Wildman–Crippen MR) is 108 cm³/mol. The molecule has 0 aliphatic carbocycles. The number of sulfonamides is 1. The van der Waals surface area contributed by atoms with E-state index in [0.717, 1.165) is 0 Å². The lowest BCUT2D eigenvalue weighted by Crippen LogP contribution is -2.42. The third kappa shape index (κ3) is 3.98. The van der Waals surface area contributed by atoms with Crippen molar-refractivity contribution in [2.75, 3.05) is 0 Å². The van der Waals surface area contributed by atoms with Crippen molar-refractivity contribution in [1.82, 2.24) is 20.0 Å². The molecule has 0 radical (unpaired) electrons. The number of nitrogens with one attached hydrogen (secondary N) is 2. The number of hydrogen-bond donors (Lipinski definition) is 2. The molecular formula is C18H17BrN4O4S. The van der Waals surface area contributed by atoms with Gasteiger partial charge >= 0.3 is 0 Å². The summed E-state index contributed by atoms with van der Waals surface area (Å²) in [6.07, 6.45) is 0. The Kier molecular flexibility index (Phi) is 5.64. The Balaban J connectivity index is 1.96. The highest BCUT2D eigenvalue weighted by molar-refractivity contribution is 9.10. The van der Waals surface area contributed by atoms with E-state index in [1.807, 2.05) is 0 Å². The van der Waals surface area contributed by atoms with Crippen molar-refractivity contribution in [3.8, 4) is 0 Å². The molecule has 3 rings (SSSR count). The number of halogens is 1. The molecule has 0 atom stereocenters. The van der Waals surface area contributed by atoms with Crippen molar-refractivity contribution < 1.29 is 13.2 Å². The van der Waals surface area contributed by atoms with Gasteiger partial charge < -0.3 is 0 Å². The highest BCUT2D eigenvalue weighted by Crippen LogP contribution is 2.16. The Morgan fingerprint density at radius 3 is 2.43 bits per heavy atom. The van der Waals surface area contributed by atoms with Crippen LogP contribution in [0.3, 0.4) is 0 Å². The van der Waals surface area contributed by atoms with E-state index in [-0.39, 0.29) is 22.2 Å². The molecule has 1 heterocycles. The van der Waals surface area contributed by atoms with Gasteiger partial charge in [0.15, 0.2) is 5.69 Å². The standard InChI is InChI=1S/C18H17BrN4O4S/c1-11(2)23-18(25)15-9-4-3-8-14(15)16(21-23)17(24)20-22-28(26,27)13-7-5-6-12(19)10-13/h3-11,22H,1-2H3,(H,20,24). The van der Waals surface area contributed by atoms with Gasteiger partial charge in [0.25, 0.3) is 21.5 Å². The maximum Gasteiger partial charge on any atom is 0.287 e. The summed E-state index contributed by atoms with van der Waals surface area (Å²) < 4.78 is 26.6. The molecule has 0 aliphatic heterocycles. The fourth-order valence-electron chi connectivity index (χ4n) is 2.59. The van der Waals surface area contributed by atoms with Crippen LogP contribution in [0.5, 0.6) is 0 Å². The number of amides is 1. The summed E-state index contributed by atoms with van der Waals surface area (Å²) in [6, 6.07) is 12.3. The monoisotopic (exact) mass is 464 g/mol. The molecule has 0 bridgehead atoms. The summed E-state index contributed by atoms with van der Waals surface area (Å²) >= 11 is 3.20. The van der Waals surface area contributed by atoms with Crippen molar-refractivity contribution in [1.29, 1.82) is 0 Å². The first-order chi connectivity index (χ1) is 13.2. The molecule has 8 nitrogen and oxygen atoms in total. The minimum Gasteiger partial charge on any atom is -0.272 e. The zero-order valence-corrected chi connectivity index (χ0v) is 17.4. The zero-order valence-electron chi connectivity index (χ0n) is 15.0. The molecule has 1 amide bonds. The van der Waals surface area contributed by atoms with Crippen LogP contribution in [0.25, 0.3) is 10.8 Å². The maximum atomic E-state index is 12.7. The van der Waals surface area contributed by atoms with Crippen LogP contribution in [0, 0.1) is 0 Å². The lowest BCUT2D eigenvalue weighted by atomic mass is 10.1. The van der Waals surface area contributed by atoms with Crippen LogP contribution >= 0.6 is 15.9 Å². The molecule has 0 unspecified atom stereocenters. The van der Waals surface area contributed by atoms with Crippen molar-refractivity contribution in [2.24, 2.45) is 0 Å². The minimum atomic E-state index is -3.98. The van der Waals surface area contributed by atoms with Gasteiger partial charge in [-0.3, -0.25) is 15.0 Å². The topological polar surface area (TPSA) is 110 Å². The summed E-state index contributed by atoms with van der Waals surface area (Å²) in [4.78, 5) is 27.2. The molecule has 1 aromatic heterocycles. The fourth-order valence-corrected chi connectivity index (χ4v) is 4.03. The molecule has 0 saturated carbocycles. The second kappa shape index (κ2) is 7.82. The third-order valence-corrected chi connectivity index (χ3v) is 5.68. The van der Waals surface area contributed by atoms with E-state index in [9.17, 15) is 18.0 Å². The number of nitrogens with zero attached hydrogens (tertiary/aromatic N) is 2. The molecule has 2 N–H and O–H groups in total. The molecule has 0 aliphatic rings. The largest absolute Gasteiger partial charge is 0.287 e. The molecule has 28 heavy (non-hydrogen) atoms. The smallest absolute Gasteiger partial charge is 0.272 e. The van der Waals surface area contributed by atoms with Crippen LogP contribution in [0.2, 0.25) is 0 Å². The molecule has 0 fully saturated rings. The normalized spacial score (nSPS) is 11.7. The van der Waals surface area contributed by atoms with Gasteiger partial charge in [-0.2, -0.15) is 5.10 Å². The van der Waals surface area contributed by atoms with Gasteiger partial charge in [-0.25, -0.2) is 13.1 Å². The first-order valence-electron chi connectivity index (χ1n) is 8.30. The Morgan fingerprint density at radius 2 is 1.79 bits per heavy atom. The summed E-state index contributed by atoms with van der Waals surface area (Å²) in [6.45, 7) is 3.53. The van der Waals surface area contributed by atoms with Crippen molar-refractivity contribution in [3.63, 3.8) is 0 Å². The van der Waals surface area contributed by atoms with Crippen LogP contribution in [0.1, 0.15) is 30.4 Å². The number of hydrogen-bond acceptors (Lipinski definition) is 5. The Morgan fingerprint density at radius 1 is 1.11 bits per heavy atom. The first-order valence-corrected chi connectivity index (χ1v) is 10.6.